The molecule has 12 heteroatoms. The minimum absolute atomic E-state index is 0.115. The molecule has 134 valence electrons. The maximum Gasteiger partial charge on any atom is 0.237 e. The number of hydrogen-bond acceptors (Lipinski definition) is 8. The van der Waals surface area contributed by atoms with Crippen LogP contribution >= 0.6 is 0 Å². The Morgan fingerprint density at radius 2 is 0.750 bits per heavy atom. The molecule has 0 bridgehead atoms. The summed E-state index contributed by atoms with van der Waals surface area (Å²) in [5, 5.41) is 0. The first-order valence-corrected chi connectivity index (χ1v) is 7.43. The van der Waals surface area contributed by atoms with Gasteiger partial charge in [0.15, 0.2) is 0 Å². The molecule has 2 saturated carbocycles. The largest absolute Gasteiger partial charge is 0.294 e. The summed E-state index contributed by atoms with van der Waals surface area (Å²) in [6.45, 7) is 0. The fourth-order valence-corrected chi connectivity index (χ4v) is 4.36. The lowest BCUT2D eigenvalue weighted by Crippen LogP contribution is -2.43. The third-order valence-corrected chi connectivity index (χ3v) is 5.23. The molecule has 12 nitrogen and oxygen atoms in total. The van der Waals surface area contributed by atoms with Crippen molar-refractivity contribution in [3.8, 4) is 0 Å². The molecular formula is C12H22N8O4. The minimum Gasteiger partial charge on any atom is -0.294 e. The van der Waals surface area contributed by atoms with E-state index in [4.69, 9.17) is 23.4 Å². The highest BCUT2D eigenvalue weighted by Gasteiger charge is 2.61. The van der Waals surface area contributed by atoms with Gasteiger partial charge in [0.25, 0.3) is 0 Å². The molecule has 0 aromatic carbocycles. The molecule has 0 heterocycles. The van der Waals surface area contributed by atoms with Gasteiger partial charge >= 0.3 is 0 Å². The molecule has 0 radical (unpaired) electrons. The van der Waals surface area contributed by atoms with Crippen molar-refractivity contribution in [1.29, 1.82) is 0 Å². The Hall–Kier alpha value is -2.28. The fourth-order valence-electron chi connectivity index (χ4n) is 4.36. The normalized spacial score (nSPS) is 34.2. The lowest BCUT2D eigenvalue weighted by atomic mass is 9.81. The highest BCUT2D eigenvalue weighted by atomic mass is 16.2. The van der Waals surface area contributed by atoms with Crippen LogP contribution in [0.3, 0.4) is 0 Å². The van der Waals surface area contributed by atoms with Crippen molar-refractivity contribution in [3.63, 3.8) is 0 Å². The van der Waals surface area contributed by atoms with Crippen molar-refractivity contribution in [2.45, 2.75) is 12.8 Å². The number of carbonyl (C=O) groups is 4. The maximum absolute atomic E-state index is 12.1. The Kier molecular flexibility index (Phi) is 5.33. The second-order valence-electron chi connectivity index (χ2n) is 6.09. The SMILES string of the molecule is NNC(=O)[C@H]1C[C@H](C(=O)NN)C2C1[C@@H](C(=O)NN)C[C@H]2C(=O)NN. The molecule has 2 rings (SSSR count). The van der Waals surface area contributed by atoms with Gasteiger partial charge in [-0.25, -0.2) is 23.4 Å². The summed E-state index contributed by atoms with van der Waals surface area (Å²) in [5.74, 6) is 14.8. The van der Waals surface area contributed by atoms with E-state index in [0.717, 1.165) is 0 Å². The summed E-state index contributed by atoms with van der Waals surface area (Å²) in [4.78, 5) is 48.5. The minimum atomic E-state index is -0.722. The Morgan fingerprint density at radius 1 is 0.542 bits per heavy atom. The summed E-state index contributed by atoms with van der Waals surface area (Å²) in [6, 6.07) is 0. The van der Waals surface area contributed by atoms with Crippen LogP contribution in [-0.2, 0) is 19.2 Å². The Morgan fingerprint density at radius 3 is 0.917 bits per heavy atom. The lowest BCUT2D eigenvalue weighted by Gasteiger charge is -2.24. The van der Waals surface area contributed by atoms with Gasteiger partial charge in [0, 0.05) is 23.7 Å². The van der Waals surface area contributed by atoms with Crippen molar-refractivity contribution in [1.82, 2.24) is 21.7 Å². The summed E-state index contributed by atoms with van der Waals surface area (Å²) in [6.07, 6.45) is 0.230. The van der Waals surface area contributed by atoms with E-state index in [0.29, 0.717) is 0 Å². The van der Waals surface area contributed by atoms with Crippen LogP contribution in [0.4, 0.5) is 0 Å². The van der Waals surface area contributed by atoms with Crippen LogP contribution < -0.4 is 45.1 Å². The molecule has 0 spiro atoms. The average molecular weight is 342 g/mol. The highest BCUT2D eigenvalue weighted by molar-refractivity contribution is 5.89. The van der Waals surface area contributed by atoms with E-state index in [-0.39, 0.29) is 12.8 Å². The zero-order valence-corrected chi connectivity index (χ0v) is 12.8. The van der Waals surface area contributed by atoms with Crippen molar-refractivity contribution in [2.24, 2.45) is 58.9 Å². The zero-order valence-electron chi connectivity index (χ0n) is 12.8. The van der Waals surface area contributed by atoms with E-state index >= 15 is 0 Å². The van der Waals surface area contributed by atoms with E-state index in [2.05, 4.69) is 0 Å². The average Bonchev–Trinajstić information content (AvgIpc) is 3.17. The second kappa shape index (κ2) is 7.09. The molecule has 2 aliphatic carbocycles. The molecule has 12 N–H and O–H groups in total. The molecule has 2 aliphatic rings. The maximum atomic E-state index is 12.1. The highest BCUT2D eigenvalue weighted by Crippen LogP contribution is 2.56. The second-order valence-corrected chi connectivity index (χ2v) is 6.09. The van der Waals surface area contributed by atoms with Crippen molar-refractivity contribution in [2.75, 3.05) is 0 Å². The summed E-state index contributed by atoms with van der Waals surface area (Å²) >= 11 is 0. The van der Waals surface area contributed by atoms with E-state index < -0.39 is 59.1 Å². The van der Waals surface area contributed by atoms with Gasteiger partial charge < -0.3 is 0 Å². The van der Waals surface area contributed by atoms with Gasteiger partial charge in [0.2, 0.25) is 23.6 Å². The topological polar surface area (TPSA) is 220 Å². The molecule has 0 aromatic rings. The molecule has 24 heavy (non-hydrogen) atoms. The lowest BCUT2D eigenvalue weighted by molar-refractivity contribution is -0.131. The van der Waals surface area contributed by atoms with Crippen LogP contribution in [0, 0.1) is 35.5 Å². The van der Waals surface area contributed by atoms with E-state index in [1.54, 1.807) is 0 Å². The van der Waals surface area contributed by atoms with E-state index in [9.17, 15) is 19.2 Å². The third-order valence-electron chi connectivity index (χ3n) is 5.23. The monoisotopic (exact) mass is 342 g/mol. The van der Waals surface area contributed by atoms with Crippen LogP contribution in [-0.4, -0.2) is 23.6 Å². The molecule has 2 fully saturated rings. The standard InChI is InChI=1S/C12H22N8O4/c13-17-9(21)3-1-4(10(22)18-14)8-6(12(24)20-16)2-5(7(3)8)11(23)19-15/h3-8H,1-2,13-16H2,(H,17,21)(H,18,22)(H,19,23)(H,20,24)/t3-,4-,5-,6+,7?,8?/m0/s1. The molecule has 4 amide bonds. The Labute approximate surface area is 137 Å². The van der Waals surface area contributed by atoms with Gasteiger partial charge in [-0.05, 0) is 24.7 Å². The number of fused-ring (bicyclic) bond motifs is 1. The smallest absolute Gasteiger partial charge is 0.237 e. The van der Waals surface area contributed by atoms with Gasteiger partial charge in [0.1, 0.15) is 0 Å². The van der Waals surface area contributed by atoms with Crippen LogP contribution in [0.1, 0.15) is 12.8 Å². The number of amides is 4. The summed E-state index contributed by atoms with van der Waals surface area (Å²) in [7, 11) is 0. The number of nitrogens with one attached hydrogen (secondary N) is 4. The first-order valence-electron chi connectivity index (χ1n) is 7.43. The van der Waals surface area contributed by atoms with Gasteiger partial charge in [0.05, 0.1) is 0 Å². The number of carbonyl (C=O) groups excluding carboxylic acids is 4. The number of rotatable bonds is 4. The third kappa shape index (κ3) is 2.80. The summed E-state index contributed by atoms with van der Waals surface area (Å²) < 4.78 is 0. The first-order chi connectivity index (χ1) is 11.4. The van der Waals surface area contributed by atoms with Crippen molar-refractivity contribution in [3.05, 3.63) is 0 Å². The zero-order chi connectivity index (χ0) is 18.0. The van der Waals surface area contributed by atoms with Crippen LogP contribution in [0.15, 0.2) is 0 Å². The van der Waals surface area contributed by atoms with Crippen molar-refractivity contribution >= 4 is 23.6 Å². The van der Waals surface area contributed by atoms with Crippen LogP contribution in [0.2, 0.25) is 0 Å². The van der Waals surface area contributed by atoms with Gasteiger partial charge in [-0.3, -0.25) is 40.9 Å². The molecular weight excluding hydrogens is 320 g/mol. The van der Waals surface area contributed by atoms with Gasteiger partial charge in [-0.1, -0.05) is 0 Å². The first kappa shape index (κ1) is 18.1. The van der Waals surface area contributed by atoms with Crippen molar-refractivity contribution < 1.29 is 19.2 Å². The van der Waals surface area contributed by atoms with E-state index in [1.807, 2.05) is 21.7 Å². The van der Waals surface area contributed by atoms with Gasteiger partial charge in [-0.2, -0.15) is 0 Å². The Balaban J connectivity index is 2.46. The van der Waals surface area contributed by atoms with Crippen LogP contribution in [0.5, 0.6) is 0 Å². The number of nitrogens with two attached hydrogens (primary N) is 4. The Bertz CT molecular complexity index is 463. The van der Waals surface area contributed by atoms with E-state index in [1.165, 1.54) is 0 Å². The molecule has 0 aromatic heterocycles. The van der Waals surface area contributed by atoms with Crippen LogP contribution in [0.25, 0.3) is 0 Å². The predicted molar refractivity (Wildman–Crippen MR) is 79.5 cm³/mol. The number of hydrazine groups is 4. The number of hydrogen-bond donors (Lipinski definition) is 8. The predicted octanol–water partition coefficient (Wildman–Crippen LogP) is -4.55. The molecule has 0 aliphatic heterocycles. The molecule has 0 saturated heterocycles. The summed E-state index contributed by atoms with van der Waals surface area (Å²) in [5.41, 5.74) is 8.17. The van der Waals surface area contributed by atoms with Gasteiger partial charge in [-0.15, -0.1) is 0 Å². The quantitative estimate of drug-likeness (QED) is 0.141. The molecule has 2 unspecified atom stereocenters. The molecule has 6 atom stereocenters. The fraction of sp³-hybridized carbons (Fsp3) is 0.667.